The highest BCUT2D eigenvalue weighted by Crippen LogP contribution is 2.45. The van der Waals surface area contributed by atoms with Gasteiger partial charge in [0.25, 0.3) is 0 Å². The van der Waals surface area contributed by atoms with Gasteiger partial charge in [0.1, 0.15) is 19.3 Å². The third-order valence-corrected chi connectivity index (χ3v) is 18.9. The summed E-state index contributed by atoms with van der Waals surface area (Å²) in [7, 11) is -10.0. The van der Waals surface area contributed by atoms with Crippen LogP contribution in [0.1, 0.15) is 323 Å². The van der Waals surface area contributed by atoms with Crippen molar-refractivity contribution >= 4 is 39.5 Å². The molecule has 0 radical (unpaired) electrons. The number of phosphoric acid groups is 2. The van der Waals surface area contributed by atoms with E-state index in [1.807, 2.05) is 18.2 Å². The minimum absolute atomic E-state index is 0.0337. The van der Waals surface area contributed by atoms with Crippen LogP contribution in [0.25, 0.3) is 0 Å². The quantitative estimate of drug-likeness (QED) is 0.0169. The number of carbonyl (C=O) groups excluding carboxylic acids is 4. The molecule has 5 unspecified atom stereocenters. The minimum atomic E-state index is -5.00. The molecule has 0 aliphatic carbocycles. The van der Waals surface area contributed by atoms with Crippen LogP contribution in [0.3, 0.4) is 0 Å². The number of rotatable bonds is 77. The van der Waals surface area contributed by atoms with E-state index in [0.29, 0.717) is 32.1 Å². The van der Waals surface area contributed by atoms with E-state index in [1.165, 1.54) is 64.2 Å². The summed E-state index contributed by atoms with van der Waals surface area (Å²) in [6.07, 6.45) is 93.6. The molecule has 19 heteroatoms. The molecule has 0 aliphatic rings. The number of unbranched alkanes of at least 4 members (excludes halogenated alkanes) is 25. The second-order valence-electron chi connectivity index (χ2n) is 27.3. The van der Waals surface area contributed by atoms with Crippen molar-refractivity contribution < 1.29 is 80.2 Å². The lowest BCUT2D eigenvalue weighted by Gasteiger charge is -2.21. The first-order valence-corrected chi connectivity index (χ1v) is 44.7. The number of phosphoric ester groups is 2. The fourth-order valence-electron chi connectivity index (χ4n) is 10.8. The van der Waals surface area contributed by atoms with Crippen molar-refractivity contribution in [3.8, 4) is 0 Å². The van der Waals surface area contributed by atoms with Crippen molar-refractivity contribution in [1.29, 1.82) is 0 Å². The molecule has 0 rings (SSSR count). The highest BCUT2D eigenvalue weighted by molar-refractivity contribution is 7.47. The standard InChI is InChI=1S/C89H148O17P2/c1-5-9-13-17-21-25-29-33-37-40-41-44-47-50-54-58-62-66-70-74-87(92)100-79-84(105-88(93)75-71-67-63-59-55-51-45-36-32-28-24-20-16-12-8-4)81-103-107(95,96)101-77-83(90)78-102-108(97,98)104-82-85(106-89(94)76-72-68-64-60-56-52-48-43-39-35-31-27-23-19-15-11-7-3)80-99-86(91)73-69-65-61-57-53-49-46-42-38-34-30-26-22-18-14-10-6-2/h9-11,13-15,21-23,25-27,33-35,37-39,41,44,46,49-50,54,62,66,83-85,90H,5-8,12,16-20,24,28-32,36,40,42-43,45,47-48,51-53,55-61,63-65,67-82H2,1-4H3,(H,95,96)(H,97,98)/b13-9-,14-10-,15-11-,25-21-,26-22-,27-23-,37-33-,38-34-,39-35-,44-41-,49-46-,54-50-,66-62-. The SMILES string of the molecule is CC/C=C\C/C=C\C/C=C\C/C=C\C/C=C\C/C=C\CCC(=O)OCC(COP(=O)(O)OCC(O)COP(=O)(O)OCC(COC(=O)CCCCCC/C=C\C/C=C\C/C=C\C/C=C\CC)OC(=O)CCCCCCCCC/C=C\C/C=C\C/C=C\CC)OC(=O)CCCCCCCCCCCCCCCCC. The molecule has 0 aromatic heterocycles. The lowest BCUT2D eigenvalue weighted by atomic mass is 10.0. The van der Waals surface area contributed by atoms with Crippen LogP contribution in [0, 0.1) is 0 Å². The Bertz CT molecular complexity index is 2660. The number of aliphatic hydroxyl groups is 1. The molecule has 0 fully saturated rings. The van der Waals surface area contributed by atoms with E-state index in [9.17, 15) is 43.2 Å². The molecular formula is C89H148O17P2. The van der Waals surface area contributed by atoms with Crippen LogP contribution in [0.4, 0.5) is 0 Å². The number of allylic oxidation sites excluding steroid dienone is 26. The zero-order valence-electron chi connectivity index (χ0n) is 67.5. The molecule has 0 aromatic carbocycles. The van der Waals surface area contributed by atoms with Gasteiger partial charge in [-0.25, -0.2) is 9.13 Å². The predicted molar refractivity (Wildman–Crippen MR) is 445 cm³/mol. The first-order valence-electron chi connectivity index (χ1n) is 41.7. The lowest BCUT2D eigenvalue weighted by Crippen LogP contribution is -2.30. The summed E-state index contributed by atoms with van der Waals surface area (Å²) in [4.78, 5) is 73.2. The second kappa shape index (κ2) is 79.8. The Hall–Kier alpha value is -5.32. The van der Waals surface area contributed by atoms with Gasteiger partial charge in [-0.2, -0.15) is 0 Å². The van der Waals surface area contributed by atoms with Gasteiger partial charge in [-0.1, -0.05) is 321 Å². The molecule has 0 spiro atoms. The fraction of sp³-hybridized carbons (Fsp3) is 0.663. The predicted octanol–water partition coefficient (Wildman–Crippen LogP) is 24.8. The van der Waals surface area contributed by atoms with E-state index in [0.717, 1.165) is 173 Å². The first-order chi connectivity index (χ1) is 52.7. The molecule has 5 atom stereocenters. The summed E-state index contributed by atoms with van der Waals surface area (Å²) >= 11 is 0. The Morgan fingerprint density at radius 3 is 0.796 bits per heavy atom. The van der Waals surface area contributed by atoms with E-state index < -0.39 is 97.5 Å². The highest BCUT2D eigenvalue weighted by Gasteiger charge is 2.30. The number of esters is 4. The van der Waals surface area contributed by atoms with E-state index in [4.69, 9.17) is 37.0 Å². The number of aliphatic hydroxyl groups excluding tert-OH is 1. The van der Waals surface area contributed by atoms with Gasteiger partial charge in [-0.05, 0) is 135 Å². The third-order valence-electron chi connectivity index (χ3n) is 17.0. The Morgan fingerprint density at radius 1 is 0.269 bits per heavy atom. The summed E-state index contributed by atoms with van der Waals surface area (Å²) in [6, 6.07) is 0. The van der Waals surface area contributed by atoms with Gasteiger partial charge >= 0.3 is 39.5 Å². The Morgan fingerprint density at radius 2 is 0.500 bits per heavy atom. The van der Waals surface area contributed by atoms with E-state index >= 15 is 0 Å². The molecule has 0 saturated heterocycles. The molecule has 108 heavy (non-hydrogen) atoms. The maximum absolute atomic E-state index is 13.1. The zero-order chi connectivity index (χ0) is 78.9. The molecule has 0 bridgehead atoms. The molecule has 0 heterocycles. The highest BCUT2D eigenvalue weighted by atomic mass is 31.2. The van der Waals surface area contributed by atoms with Crippen LogP contribution in [0.2, 0.25) is 0 Å². The average molecular weight is 1550 g/mol. The van der Waals surface area contributed by atoms with Gasteiger partial charge in [0.2, 0.25) is 0 Å². The maximum atomic E-state index is 13.1. The molecule has 0 aliphatic heterocycles. The fourth-order valence-corrected chi connectivity index (χ4v) is 12.4. The zero-order valence-corrected chi connectivity index (χ0v) is 69.3. The van der Waals surface area contributed by atoms with Gasteiger partial charge in [0.05, 0.1) is 26.4 Å². The summed E-state index contributed by atoms with van der Waals surface area (Å²) in [6.45, 7) is 4.44. The van der Waals surface area contributed by atoms with Crippen LogP contribution in [0.5, 0.6) is 0 Å². The molecule has 0 amide bonds. The Labute approximate surface area is 655 Å². The molecule has 17 nitrogen and oxygen atoms in total. The summed E-state index contributed by atoms with van der Waals surface area (Å²) in [5.74, 6) is -2.31. The van der Waals surface area contributed by atoms with Crippen LogP contribution in [-0.4, -0.2) is 96.7 Å². The molecular weight excluding hydrogens is 1400 g/mol. The number of hydrogen-bond donors (Lipinski definition) is 3. The molecule has 0 saturated carbocycles. The number of hydrogen-bond acceptors (Lipinski definition) is 15. The molecule has 0 aromatic rings. The van der Waals surface area contributed by atoms with Gasteiger partial charge in [-0.3, -0.25) is 37.3 Å². The Kier molecular flexibility index (Phi) is 75.8. The van der Waals surface area contributed by atoms with Crippen molar-refractivity contribution in [3.63, 3.8) is 0 Å². The van der Waals surface area contributed by atoms with E-state index in [-0.39, 0.29) is 25.7 Å². The normalized spacial score (nSPS) is 14.6. The minimum Gasteiger partial charge on any atom is -0.462 e. The average Bonchev–Trinajstić information content (AvgIpc) is 0.901. The van der Waals surface area contributed by atoms with Crippen LogP contribution >= 0.6 is 15.6 Å². The Balaban J connectivity index is 5.46. The van der Waals surface area contributed by atoms with Crippen molar-refractivity contribution in [3.05, 3.63) is 158 Å². The van der Waals surface area contributed by atoms with Gasteiger partial charge in [0.15, 0.2) is 12.2 Å². The van der Waals surface area contributed by atoms with Crippen molar-refractivity contribution in [1.82, 2.24) is 0 Å². The third kappa shape index (κ3) is 78.8. The largest absolute Gasteiger partial charge is 0.472 e. The second-order valence-corrected chi connectivity index (χ2v) is 30.2. The maximum Gasteiger partial charge on any atom is 0.472 e. The monoisotopic (exact) mass is 1550 g/mol. The van der Waals surface area contributed by atoms with Crippen molar-refractivity contribution in [2.24, 2.45) is 0 Å². The van der Waals surface area contributed by atoms with Crippen LogP contribution in [-0.2, 0) is 65.4 Å². The number of carbonyl (C=O) groups is 4. The van der Waals surface area contributed by atoms with Gasteiger partial charge in [0, 0.05) is 25.7 Å². The topological polar surface area (TPSA) is 237 Å². The summed E-state index contributed by atoms with van der Waals surface area (Å²) in [5.41, 5.74) is 0. The van der Waals surface area contributed by atoms with Crippen molar-refractivity contribution in [2.45, 2.75) is 341 Å². The first kappa shape index (κ1) is 103. The molecule has 616 valence electrons. The molecule has 3 N–H and O–H groups in total. The van der Waals surface area contributed by atoms with Crippen LogP contribution in [0.15, 0.2) is 158 Å². The van der Waals surface area contributed by atoms with Crippen molar-refractivity contribution in [2.75, 3.05) is 39.6 Å². The summed E-state index contributed by atoms with van der Waals surface area (Å²) in [5, 5.41) is 10.7. The van der Waals surface area contributed by atoms with Gasteiger partial charge in [-0.15, -0.1) is 0 Å². The summed E-state index contributed by atoms with van der Waals surface area (Å²) < 4.78 is 68.7. The number of ether oxygens (including phenoxy) is 4. The smallest absolute Gasteiger partial charge is 0.462 e. The van der Waals surface area contributed by atoms with Crippen LogP contribution < -0.4 is 0 Å². The van der Waals surface area contributed by atoms with Gasteiger partial charge < -0.3 is 33.8 Å². The van der Waals surface area contributed by atoms with E-state index in [2.05, 4.69) is 167 Å². The lowest BCUT2D eigenvalue weighted by molar-refractivity contribution is -0.161. The van der Waals surface area contributed by atoms with E-state index in [1.54, 1.807) is 0 Å².